The highest BCUT2D eigenvalue weighted by Crippen LogP contribution is 2.38. The molecule has 81 heavy (non-hydrogen) atoms. The standard InChI is InChI=1S/C72H147N2O6P/c1-6-8-10-12-14-16-18-20-22-24-26-27-28-29-30-31-32-33-34-35-36-37-38-39-40-41-42-43-44-45-46-47-48-50-52-54-56-58-60-62-64-66-72(76)73-70(69-80-81(77,78)79-68-67-74(3,4)5)71(75)65-63-61-59-57-55-53-51-49-25-23-21-19-17-15-13-11-9-7-2/h70-71,75H,6-69H2,1-5H3,(H-,73,76,77,78). The van der Waals surface area contributed by atoms with Crippen LogP contribution in [-0.4, -0.2) is 68.5 Å². The molecular formula is C72H147N2O6P. The molecule has 0 heterocycles. The van der Waals surface area contributed by atoms with Crippen molar-refractivity contribution in [1.82, 2.24) is 5.32 Å². The first-order valence-electron chi connectivity index (χ1n) is 36.9. The van der Waals surface area contributed by atoms with Gasteiger partial charge in [0, 0.05) is 6.42 Å². The molecule has 9 heteroatoms. The van der Waals surface area contributed by atoms with Crippen LogP contribution in [0.5, 0.6) is 0 Å². The van der Waals surface area contributed by atoms with Crippen LogP contribution in [0.15, 0.2) is 0 Å². The summed E-state index contributed by atoms with van der Waals surface area (Å²) in [6, 6.07) is -0.796. The number of quaternary nitrogens is 1. The summed E-state index contributed by atoms with van der Waals surface area (Å²) in [6.07, 6.45) is 80.7. The molecule has 0 bridgehead atoms. The zero-order valence-electron chi connectivity index (χ0n) is 55.8. The summed E-state index contributed by atoms with van der Waals surface area (Å²) in [5.74, 6) is -0.154. The molecule has 0 aliphatic carbocycles. The molecule has 0 saturated carbocycles. The third kappa shape index (κ3) is 66.9. The van der Waals surface area contributed by atoms with Crippen LogP contribution in [0, 0.1) is 0 Å². The van der Waals surface area contributed by atoms with Crippen molar-refractivity contribution in [3.63, 3.8) is 0 Å². The molecule has 3 unspecified atom stereocenters. The van der Waals surface area contributed by atoms with E-state index < -0.39 is 20.0 Å². The topological polar surface area (TPSA) is 108 Å². The minimum Gasteiger partial charge on any atom is -0.756 e. The van der Waals surface area contributed by atoms with Gasteiger partial charge in [0.05, 0.1) is 39.9 Å². The van der Waals surface area contributed by atoms with Gasteiger partial charge in [-0.25, -0.2) is 0 Å². The van der Waals surface area contributed by atoms with Gasteiger partial charge in [-0.05, 0) is 12.8 Å². The van der Waals surface area contributed by atoms with Crippen molar-refractivity contribution in [3.8, 4) is 0 Å². The zero-order chi connectivity index (χ0) is 59.1. The van der Waals surface area contributed by atoms with Crippen LogP contribution in [0.2, 0.25) is 0 Å². The Morgan fingerprint density at radius 1 is 0.383 bits per heavy atom. The van der Waals surface area contributed by atoms with Gasteiger partial charge in [-0.2, -0.15) is 0 Å². The van der Waals surface area contributed by atoms with E-state index in [0.717, 1.165) is 38.5 Å². The van der Waals surface area contributed by atoms with E-state index in [1.165, 1.54) is 340 Å². The molecule has 0 rings (SSSR count). The fraction of sp³-hybridized carbons (Fsp3) is 0.986. The average molecular weight is 1170 g/mol. The van der Waals surface area contributed by atoms with E-state index in [1.54, 1.807) is 0 Å². The number of carbonyl (C=O) groups is 1. The quantitative estimate of drug-likeness (QED) is 0.0357. The number of likely N-dealkylation sites (N-methyl/N-ethyl adjacent to an activating group) is 1. The van der Waals surface area contributed by atoms with E-state index in [2.05, 4.69) is 19.2 Å². The summed E-state index contributed by atoms with van der Waals surface area (Å²) in [6.45, 7) is 4.79. The highest BCUT2D eigenvalue weighted by atomic mass is 31.2. The monoisotopic (exact) mass is 1170 g/mol. The molecule has 3 atom stereocenters. The predicted octanol–water partition coefficient (Wildman–Crippen LogP) is 22.9. The van der Waals surface area contributed by atoms with Gasteiger partial charge in [0.25, 0.3) is 7.82 Å². The van der Waals surface area contributed by atoms with Crippen molar-refractivity contribution in [1.29, 1.82) is 0 Å². The minimum atomic E-state index is -4.57. The number of amides is 1. The maximum absolute atomic E-state index is 13.0. The molecular weight excluding hydrogens is 1020 g/mol. The third-order valence-electron chi connectivity index (χ3n) is 17.6. The number of carbonyl (C=O) groups excluding carboxylic acids is 1. The Morgan fingerprint density at radius 3 is 0.840 bits per heavy atom. The van der Waals surface area contributed by atoms with Gasteiger partial charge in [0.15, 0.2) is 0 Å². The number of rotatable bonds is 70. The van der Waals surface area contributed by atoms with Gasteiger partial charge in [-0.1, -0.05) is 386 Å². The third-order valence-corrected chi connectivity index (χ3v) is 18.6. The Balaban J connectivity index is 3.81. The van der Waals surface area contributed by atoms with Crippen molar-refractivity contribution in [2.24, 2.45) is 0 Å². The second-order valence-electron chi connectivity index (χ2n) is 27.0. The molecule has 8 nitrogen and oxygen atoms in total. The fourth-order valence-corrected chi connectivity index (χ4v) is 12.6. The van der Waals surface area contributed by atoms with Crippen LogP contribution >= 0.6 is 7.82 Å². The van der Waals surface area contributed by atoms with Crippen molar-refractivity contribution >= 4 is 13.7 Å². The van der Waals surface area contributed by atoms with E-state index >= 15 is 0 Å². The largest absolute Gasteiger partial charge is 0.756 e. The molecule has 0 aliphatic heterocycles. The fourth-order valence-electron chi connectivity index (χ4n) is 11.9. The smallest absolute Gasteiger partial charge is 0.268 e. The number of unbranched alkanes of at least 4 members (excludes halogenated alkanes) is 57. The lowest BCUT2D eigenvalue weighted by atomic mass is 10.0. The second kappa shape index (κ2) is 64.0. The molecule has 0 aromatic rings. The highest BCUT2D eigenvalue weighted by Gasteiger charge is 2.24. The van der Waals surface area contributed by atoms with Crippen molar-refractivity contribution < 1.29 is 32.9 Å². The summed E-state index contributed by atoms with van der Waals surface area (Å²) in [7, 11) is 1.33. The van der Waals surface area contributed by atoms with Gasteiger partial charge in [-0.15, -0.1) is 0 Å². The van der Waals surface area contributed by atoms with E-state index in [9.17, 15) is 19.4 Å². The predicted molar refractivity (Wildman–Crippen MR) is 353 cm³/mol. The van der Waals surface area contributed by atoms with Gasteiger partial charge in [0.2, 0.25) is 5.91 Å². The molecule has 0 fully saturated rings. The molecule has 0 aromatic heterocycles. The van der Waals surface area contributed by atoms with E-state index in [1.807, 2.05) is 21.1 Å². The van der Waals surface area contributed by atoms with E-state index in [0.29, 0.717) is 23.9 Å². The molecule has 486 valence electrons. The SMILES string of the molecule is CCCCCCCCCCCCCCCCCCCCCCCCCCCCCCCCCCCCCCCCCCCC(=O)NC(COP(=O)([O-])OCC[N+](C)(C)C)C(O)CCCCCCCCCCCCCCCCCCCC. The van der Waals surface area contributed by atoms with Gasteiger partial charge in [0.1, 0.15) is 13.2 Å². The number of nitrogens with one attached hydrogen (secondary N) is 1. The molecule has 0 aromatic carbocycles. The number of nitrogens with zero attached hydrogens (tertiary/aromatic N) is 1. The first kappa shape index (κ1) is 80.5. The van der Waals surface area contributed by atoms with Crippen LogP contribution in [0.4, 0.5) is 0 Å². The van der Waals surface area contributed by atoms with Gasteiger partial charge in [-0.3, -0.25) is 9.36 Å². The van der Waals surface area contributed by atoms with Crippen LogP contribution in [0.25, 0.3) is 0 Å². The van der Waals surface area contributed by atoms with Gasteiger partial charge >= 0.3 is 0 Å². The van der Waals surface area contributed by atoms with Crippen LogP contribution < -0.4 is 10.2 Å². The van der Waals surface area contributed by atoms with Crippen molar-refractivity contribution in [2.75, 3.05) is 40.9 Å². The zero-order valence-corrected chi connectivity index (χ0v) is 56.7. The Labute approximate surface area is 508 Å². The molecule has 1 amide bonds. The number of phosphoric ester groups is 1. The molecule has 0 aliphatic rings. The minimum absolute atomic E-state index is 0.0168. The van der Waals surface area contributed by atoms with E-state index in [-0.39, 0.29) is 19.1 Å². The average Bonchev–Trinajstić information content (AvgIpc) is 3.43. The summed E-state index contributed by atoms with van der Waals surface area (Å²) in [4.78, 5) is 25.6. The second-order valence-corrected chi connectivity index (χ2v) is 28.4. The number of aliphatic hydroxyl groups excluding tert-OH is 1. The number of phosphoric acid groups is 1. The van der Waals surface area contributed by atoms with Crippen LogP contribution in [0.1, 0.15) is 406 Å². The van der Waals surface area contributed by atoms with Crippen LogP contribution in [0.3, 0.4) is 0 Å². The number of hydrogen-bond donors (Lipinski definition) is 2. The first-order valence-corrected chi connectivity index (χ1v) is 38.3. The first-order chi connectivity index (χ1) is 39.5. The lowest BCUT2D eigenvalue weighted by molar-refractivity contribution is -0.870. The summed E-state index contributed by atoms with van der Waals surface area (Å²) in [5.41, 5.74) is 0. The lowest BCUT2D eigenvalue weighted by Gasteiger charge is -2.30. The highest BCUT2D eigenvalue weighted by molar-refractivity contribution is 7.45. The summed E-state index contributed by atoms with van der Waals surface area (Å²) in [5, 5.41) is 14.1. The Bertz CT molecular complexity index is 1280. The summed E-state index contributed by atoms with van der Waals surface area (Å²) >= 11 is 0. The Kier molecular flexibility index (Phi) is 63.6. The molecule has 0 saturated heterocycles. The van der Waals surface area contributed by atoms with Gasteiger partial charge < -0.3 is 28.8 Å². The summed E-state index contributed by atoms with van der Waals surface area (Å²) < 4.78 is 23.5. The van der Waals surface area contributed by atoms with E-state index in [4.69, 9.17) is 9.05 Å². The van der Waals surface area contributed by atoms with Crippen molar-refractivity contribution in [3.05, 3.63) is 0 Å². The maximum Gasteiger partial charge on any atom is 0.268 e. The molecule has 2 N–H and O–H groups in total. The normalized spacial score (nSPS) is 13.5. The van der Waals surface area contributed by atoms with Crippen LogP contribution in [-0.2, 0) is 18.4 Å². The molecule has 0 spiro atoms. The number of aliphatic hydroxyl groups is 1. The Hall–Kier alpha value is -0.500. The maximum atomic E-state index is 13.0. The Morgan fingerprint density at radius 2 is 0.605 bits per heavy atom. The van der Waals surface area contributed by atoms with Crippen molar-refractivity contribution in [2.45, 2.75) is 418 Å². The molecule has 0 radical (unpaired) electrons. The lowest BCUT2D eigenvalue weighted by Crippen LogP contribution is -2.46. The number of hydrogen-bond acceptors (Lipinski definition) is 6.